The Balaban J connectivity index is 2.15. The topological polar surface area (TPSA) is 64.7 Å². The lowest BCUT2D eigenvalue weighted by atomic mass is 10.0. The van der Waals surface area contributed by atoms with E-state index in [9.17, 15) is 4.79 Å². The van der Waals surface area contributed by atoms with Crippen LogP contribution in [0.15, 0.2) is 53.5 Å². The third kappa shape index (κ3) is 3.45. The van der Waals surface area contributed by atoms with Gasteiger partial charge in [0.2, 0.25) is 0 Å². The lowest BCUT2D eigenvalue weighted by molar-refractivity contribution is -0.134. The van der Waals surface area contributed by atoms with Gasteiger partial charge in [-0.1, -0.05) is 30.3 Å². The van der Waals surface area contributed by atoms with E-state index in [0.29, 0.717) is 12.3 Å². The van der Waals surface area contributed by atoms with Crippen molar-refractivity contribution in [3.63, 3.8) is 0 Å². The smallest absolute Gasteiger partial charge is 0.349 e. The highest BCUT2D eigenvalue weighted by molar-refractivity contribution is 6.23. The van der Waals surface area contributed by atoms with Crippen LogP contribution in [0, 0.1) is 0 Å². The van der Waals surface area contributed by atoms with Gasteiger partial charge in [0, 0.05) is 11.3 Å². The van der Waals surface area contributed by atoms with E-state index in [1.807, 2.05) is 48.5 Å². The maximum Gasteiger partial charge on any atom is 0.349 e. The Morgan fingerprint density at radius 1 is 1.20 bits per heavy atom. The molecule has 0 fully saturated rings. The summed E-state index contributed by atoms with van der Waals surface area (Å²) in [4.78, 5) is 15.2. The molecular weight excluding hydrogens is 252 g/mol. The van der Waals surface area contributed by atoms with E-state index in [1.165, 1.54) is 6.21 Å². The van der Waals surface area contributed by atoms with Gasteiger partial charge in [-0.05, 0) is 30.7 Å². The van der Waals surface area contributed by atoms with Gasteiger partial charge in [-0.15, -0.1) is 0 Å². The van der Waals surface area contributed by atoms with E-state index >= 15 is 0 Å². The summed E-state index contributed by atoms with van der Waals surface area (Å²) in [7, 11) is 0. The Labute approximate surface area is 117 Å². The first kappa shape index (κ1) is 13.8. The first-order valence-corrected chi connectivity index (χ1v) is 6.36. The number of hydrogen-bond acceptors (Lipinski definition) is 4. The molecule has 2 rings (SSSR count). The summed E-state index contributed by atoms with van der Waals surface area (Å²) in [5.74, 6) is -0.441. The van der Waals surface area contributed by atoms with Crippen LogP contribution < -0.4 is 5.73 Å². The van der Waals surface area contributed by atoms with Crippen LogP contribution in [0.2, 0.25) is 0 Å². The van der Waals surface area contributed by atoms with Crippen LogP contribution in [0.3, 0.4) is 0 Å². The number of benzene rings is 2. The fourth-order valence-electron chi connectivity index (χ4n) is 1.79. The van der Waals surface area contributed by atoms with Crippen LogP contribution in [-0.2, 0) is 9.53 Å². The van der Waals surface area contributed by atoms with E-state index in [1.54, 1.807) is 6.92 Å². The lowest BCUT2D eigenvalue weighted by Gasteiger charge is -2.05. The molecule has 0 aliphatic heterocycles. The van der Waals surface area contributed by atoms with E-state index in [0.717, 1.165) is 16.8 Å². The summed E-state index contributed by atoms with van der Waals surface area (Å²) in [5.41, 5.74) is 9.35. The van der Waals surface area contributed by atoms with Crippen molar-refractivity contribution in [2.45, 2.75) is 6.92 Å². The quantitative estimate of drug-likeness (QED) is 0.526. The molecule has 2 aromatic carbocycles. The largest absolute Gasteiger partial charge is 0.462 e. The van der Waals surface area contributed by atoms with Crippen LogP contribution in [0.5, 0.6) is 0 Å². The first-order valence-electron chi connectivity index (χ1n) is 6.36. The number of anilines is 1. The third-order valence-corrected chi connectivity index (χ3v) is 2.74. The summed E-state index contributed by atoms with van der Waals surface area (Å²) in [5, 5.41) is 0. The number of carbonyl (C=O) groups is 1. The van der Waals surface area contributed by atoms with Gasteiger partial charge in [0.25, 0.3) is 0 Å². The van der Waals surface area contributed by atoms with Crippen LogP contribution in [-0.4, -0.2) is 18.8 Å². The predicted molar refractivity (Wildman–Crippen MR) is 81.1 cm³/mol. The zero-order chi connectivity index (χ0) is 14.4. The second-order valence-electron chi connectivity index (χ2n) is 4.14. The summed E-state index contributed by atoms with van der Waals surface area (Å²) < 4.78 is 4.77. The SMILES string of the molecule is CCOC(=O)C=Nc1ccc(-c2ccccc2N)cc1. The number of aliphatic imine (C=N–C) groups is 1. The highest BCUT2D eigenvalue weighted by Gasteiger charge is 2.01. The van der Waals surface area contributed by atoms with Gasteiger partial charge in [-0.25, -0.2) is 9.79 Å². The molecule has 0 aromatic heterocycles. The Hall–Kier alpha value is -2.62. The second kappa shape index (κ2) is 6.52. The zero-order valence-electron chi connectivity index (χ0n) is 11.2. The number of nitrogen functional groups attached to an aromatic ring is 1. The molecule has 0 spiro atoms. The minimum Gasteiger partial charge on any atom is -0.462 e. The maximum atomic E-state index is 11.2. The zero-order valence-corrected chi connectivity index (χ0v) is 11.2. The Kier molecular flexibility index (Phi) is 4.50. The number of carbonyl (C=O) groups excluding carboxylic acids is 1. The Morgan fingerprint density at radius 2 is 1.90 bits per heavy atom. The minimum atomic E-state index is -0.441. The summed E-state index contributed by atoms with van der Waals surface area (Å²) >= 11 is 0. The normalized spacial score (nSPS) is 10.7. The Bertz CT molecular complexity index is 619. The molecule has 0 bridgehead atoms. The van der Waals surface area contributed by atoms with Gasteiger partial charge < -0.3 is 10.5 Å². The van der Waals surface area contributed by atoms with Crippen molar-refractivity contribution >= 4 is 23.6 Å². The van der Waals surface area contributed by atoms with Gasteiger partial charge in [-0.3, -0.25) is 0 Å². The number of ether oxygens (including phenoxy) is 1. The molecule has 4 heteroatoms. The molecule has 0 radical (unpaired) electrons. The van der Waals surface area contributed by atoms with Gasteiger partial charge in [0.1, 0.15) is 6.21 Å². The van der Waals surface area contributed by atoms with Gasteiger partial charge in [0.05, 0.1) is 12.3 Å². The lowest BCUT2D eigenvalue weighted by Crippen LogP contribution is -2.04. The van der Waals surface area contributed by atoms with E-state index in [4.69, 9.17) is 10.5 Å². The molecule has 20 heavy (non-hydrogen) atoms. The highest BCUT2D eigenvalue weighted by atomic mass is 16.5. The number of para-hydroxylation sites is 1. The number of rotatable bonds is 4. The molecule has 0 atom stereocenters. The molecule has 0 heterocycles. The minimum absolute atomic E-state index is 0.344. The van der Waals surface area contributed by atoms with E-state index in [2.05, 4.69) is 4.99 Å². The molecule has 0 unspecified atom stereocenters. The number of nitrogens with zero attached hydrogens (tertiary/aromatic N) is 1. The van der Waals surface area contributed by atoms with Gasteiger partial charge >= 0.3 is 5.97 Å². The van der Waals surface area contributed by atoms with Crippen molar-refractivity contribution in [1.82, 2.24) is 0 Å². The number of esters is 1. The first-order chi connectivity index (χ1) is 9.70. The third-order valence-electron chi connectivity index (χ3n) is 2.74. The predicted octanol–water partition coefficient (Wildman–Crippen LogP) is 3.20. The molecule has 0 aliphatic rings. The summed E-state index contributed by atoms with van der Waals surface area (Å²) in [6.07, 6.45) is 1.18. The average molecular weight is 268 g/mol. The molecule has 2 N–H and O–H groups in total. The summed E-state index contributed by atoms with van der Waals surface area (Å²) in [6, 6.07) is 15.2. The van der Waals surface area contributed by atoms with E-state index in [-0.39, 0.29) is 0 Å². The maximum absolute atomic E-state index is 11.2. The molecule has 102 valence electrons. The molecule has 0 saturated heterocycles. The van der Waals surface area contributed by atoms with Crippen LogP contribution in [0.25, 0.3) is 11.1 Å². The molecule has 0 amide bonds. The van der Waals surface area contributed by atoms with Crippen molar-refractivity contribution in [3.8, 4) is 11.1 Å². The molecule has 0 aliphatic carbocycles. The van der Waals surface area contributed by atoms with Crippen LogP contribution in [0.4, 0.5) is 11.4 Å². The molecule has 4 nitrogen and oxygen atoms in total. The molecular formula is C16H16N2O2. The second-order valence-corrected chi connectivity index (χ2v) is 4.14. The highest BCUT2D eigenvalue weighted by Crippen LogP contribution is 2.27. The Morgan fingerprint density at radius 3 is 2.55 bits per heavy atom. The van der Waals surface area contributed by atoms with Gasteiger partial charge in [0.15, 0.2) is 0 Å². The van der Waals surface area contributed by atoms with Crippen molar-refractivity contribution in [2.75, 3.05) is 12.3 Å². The molecule has 0 saturated carbocycles. The van der Waals surface area contributed by atoms with Crippen molar-refractivity contribution < 1.29 is 9.53 Å². The standard InChI is InChI=1S/C16H16N2O2/c1-2-20-16(19)11-18-13-9-7-12(8-10-13)14-5-3-4-6-15(14)17/h3-11H,2,17H2,1H3. The van der Waals surface area contributed by atoms with Gasteiger partial charge in [-0.2, -0.15) is 0 Å². The summed E-state index contributed by atoms with van der Waals surface area (Å²) in [6.45, 7) is 2.10. The van der Waals surface area contributed by atoms with Crippen molar-refractivity contribution in [2.24, 2.45) is 4.99 Å². The van der Waals surface area contributed by atoms with Crippen molar-refractivity contribution in [1.29, 1.82) is 0 Å². The van der Waals surface area contributed by atoms with E-state index < -0.39 is 5.97 Å². The fourth-order valence-corrected chi connectivity index (χ4v) is 1.79. The fraction of sp³-hybridized carbons (Fsp3) is 0.125. The average Bonchev–Trinajstić information content (AvgIpc) is 2.47. The van der Waals surface area contributed by atoms with Crippen LogP contribution in [0.1, 0.15) is 6.92 Å². The van der Waals surface area contributed by atoms with Crippen LogP contribution >= 0.6 is 0 Å². The number of hydrogen-bond donors (Lipinski definition) is 1. The van der Waals surface area contributed by atoms with Crippen molar-refractivity contribution in [3.05, 3.63) is 48.5 Å². The number of nitrogens with two attached hydrogens (primary N) is 1. The monoisotopic (exact) mass is 268 g/mol. The molecule has 2 aromatic rings.